The summed E-state index contributed by atoms with van der Waals surface area (Å²) in [6.07, 6.45) is 2.23. The first kappa shape index (κ1) is 15.5. The first-order valence-electron chi connectivity index (χ1n) is 7.60. The third kappa shape index (κ3) is 4.06. The van der Waals surface area contributed by atoms with Crippen LogP contribution in [-0.4, -0.2) is 36.3 Å². The summed E-state index contributed by atoms with van der Waals surface area (Å²) in [6.45, 7) is 7.40. The molecule has 1 atom stereocenters. The van der Waals surface area contributed by atoms with E-state index in [-0.39, 0.29) is 18.4 Å². The van der Waals surface area contributed by atoms with Crippen molar-refractivity contribution in [1.82, 2.24) is 4.90 Å². The van der Waals surface area contributed by atoms with Gasteiger partial charge in [-0.3, -0.25) is 9.59 Å². The normalized spacial score (nSPS) is 18.4. The number of likely N-dealkylation sites (tertiary alicyclic amines) is 1. The Labute approximate surface area is 126 Å². The molecule has 0 N–H and O–H groups in total. The van der Waals surface area contributed by atoms with Crippen LogP contribution in [0.4, 0.5) is 5.69 Å². The highest BCUT2D eigenvalue weighted by atomic mass is 16.2. The summed E-state index contributed by atoms with van der Waals surface area (Å²) in [6, 6.07) is 7.71. The molecule has 1 heterocycles. The number of benzene rings is 1. The molecule has 0 bridgehead atoms. The second kappa shape index (κ2) is 6.74. The van der Waals surface area contributed by atoms with Crippen LogP contribution in [0.2, 0.25) is 0 Å². The van der Waals surface area contributed by atoms with Gasteiger partial charge < -0.3 is 9.80 Å². The predicted molar refractivity (Wildman–Crippen MR) is 84.2 cm³/mol. The monoisotopic (exact) mass is 288 g/mol. The van der Waals surface area contributed by atoms with Crippen molar-refractivity contribution in [2.24, 2.45) is 5.92 Å². The van der Waals surface area contributed by atoms with Crippen molar-refractivity contribution in [3.8, 4) is 0 Å². The second-order valence-electron chi connectivity index (χ2n) is 6.03. The van der Waals surface area contributed by atoms with Crippen LogP contribution in [0.15, 0.2) is 24.3 Å². The van der Waals surface area contributed by atoms with Gasteiger partial charge >= 0.3 is 0 Å². The molecule has 21 heavy (non-hydrogen) atoms. The van der Waals surface area contributed by atoms with E-state index in [1.165, 1.54) is 13.3 Å². The Hall–Kier alpha value is -1.84. The van der Waals surface area contributed by atoms with E-state index in [2.05, 4.69) is 6.92 Å². The molecule has 0 saturated carbocycles. The third-order valence-corrected chi connectivity index (χ3v) is 4.00. The number of rotatable bonds is 3. The lowest BCUT2D eigenvalue weighted by Gasteiger charge is -2.32. The van der Waals surface area contributed by atoms with Gasteiger partial charge in [0.25, 0.3) is 0 Å². The van der Waals surface area contributed by atoms with Crippen molar-refractivity contribution in [1.29, 1.82) is 0 Å². The number of piperidine rings is 1. The van der Waals surface area contributed by atoms with Gasteiger partial charge in [0.15, 0.2) is 0 Å². The van der Waals surface area contributed by atoms with Gasteiger partial charge in [-0.2, -0.15) is 0 Å². The third-order valence-electron chi connectivity index (χ3n) is 4.00. The van der Waals surface area contributed by atoms with Crippen molar-refractivity contribution in [2.75, 3.05) is 24.5 Å². The Kier molecular flexibility index (Phi) is 4.99. The van der Waals surface area contributed by atoms with Crippen molar-refractivity contribution in [2.45, 2.75) is 33.6 Å². The number of nitrogens with zero attached hydrogens (tertiary/aromatic N) is 2. The van der Waals surface area contributed by atoms with Crippen molar-refractivity contribution in [3.63, 3.8) is 0 Å². The SMILES string of the molecule is CC(=O)N(CC(=O)N1CCCC(C)C1)c1cccc(C)c1. The molecule has 4 nitrogen and oxygen atoms in total. The van der Waals surface area contributed by atoms with Crippen molar-refractivity contribution in [3.05, 3.63) is 29.8 Å². The topological polar surface area (TPSA) is 40.6 Å². The molecule has 2 amide bonds. The number of hydrogen-bond acceptors (Lipinski definition) is 2. The summed E-state index contributed by atoms with van der Waals surface area (Å²) >= 11 is 0. The molecule has 1 aromatic rings. The van der Waals surface area contributed by atoms with E-state index in [4.69, 9.17) is 0 Å². The highest BCUT2D eigenvalue weighted by Gasteiger charge is 2.24. The maximum Gasteiger partial charge on any atom is 0.242 e. The van der Waals surface area contributed by atoms with E-state index in [0.29, 0.717) is 5.92 Å². The van der Waals surface area contributed by atoms with E-state index in [0.717, 1.165) is 30.8 Å². The Morgan fingerprint density at radius 1 is 1.38 bits per heavy atom. The molecule has 114 valence electrons. The Balaban J connectivity index is 2.09. The fourth-order valence-electron chi connectivity index (χ4n) is 2.83. The molecule has 0 spiro atoms. The highest BCUT2D eigenvalue weighted by molar-refractivity contribution is 5.97. The van der Waals surface area contributed by atoms with Crippen molar-refractivity contribution >= 4 is 17.5 Å². The van der Waals surface area contributed by atoms with Gasteiger partial charge in [-0.25, -0.2) is 0 Å². The summed E-state index contributed by atoms with van der Waals surface area (Å²) in [5, 5.41) is 0. The lowest BCUT2D eigenvalue weighted by molar-refractivity contribution is -0.132. The number of anilines is 1. The molecule has 1 saturated heterocycles. The van der Waals surface area contributed by atoms with Gasteiger partial charge in [0, 0.05) is 25.7 Å². The predicted octanol–water partition coefficient (Wildman–Crippen LogP) is 2.61. The number of carbonyl (C=O) groups excluding carboxylic acids is 2. The van der Waals surface area contributed by atoms with Gasteiger partial charge in [-0.1, -0.05) is 19.1 Å². The van der Waals surface area contributed by atoms with E-state index in [1.807, 2.05) is 36.1 Å². The number of carbonyl (C=O) groups is 2. The number of aryl methyl sites for hydroxylation is 1. The first-order valence-corrected chi connectivity index (χ1v) is 7.60. The molecule has 2 rings (SSSR count). The molecule has 0 radical (unpaired) electrons. The van der Waals surface area contributed by atoms with Crippen LogP contribution in [0.1, 0.15) is 32.3 Å². The molecule has 1 unspecified atom stereocenters. The summed E-state index contributed by atoms with van der Waals surface area (Å²) in [5.74, 6) is 0.490. The average molecular weight is 288 g/mol. The van der Waals surface area contributed by atoms with Crippen LogP contribution in [0.3, 0.4) is 0 Å². The fourth-order valence-corrected chi connectivity index (χ4v) is 2.83. The molecular weight excluding hydrogens is 264 g/mol. The van der Waals surface area contributed by atoms with Crippen molar-refractivity contribution < 1.29 is 9.59 Å². The maximum atomic E-state index is 12.4. The summed E-state index contributed by atoms with van der Waals surface area (Å²) in [5.41, 5.74) is 1.87. The molecule has 1 aromatic carbocycles. The van der Waals surface area contributed by atoms with Gasteiger partial charge in [-0.05, 0) is 43.4 Å². The molecule has 1 fully saturated rings. The minimum absolute atomic E-state index is 0.0401. The largest absolute Gasteiger partial charge is 0.341 e. The zero-order valence-corrected chi connectivity index (χ0v) is 13.1. The van der Waals surface area contributed by atoms with Crippen LogP contribution < -0.4 is 4.90 Å². The standard InChI is InChI=1S/C17H24N2O2/c1-13-6-4-8-16(10-13)19(15(3)20)12-17(21)18-9-5-7-14(2)11-18/h4,6,8,10,14H,5,7,9,11-12H2,1-3H3. The molecule has 1 aliphatic rings. The molecule has 0 aromatic heterocycles. The quantitative estimate of drug-likeness (QED) is 0.858. The number of hydrogen-bond donors (Lipinski definition) is 0. The van der Waals surface area contributed by atoms with Crippen LogP contribution in [0, 0.1) is 12.8 Å². The highest BCUT2D eigenvalue weighted by Crippen LogP contribution is 2.19. The van der Waals surface area contributed by atoms with Crippen LogP contribution in [0.5, 0.6) is 0 Å². The minimum atomic E-state index is -0.0981. The van der Waals surface area contributed by atoms with Crippen LogP contribution in [0.25, 0.3) is 0 Å². The van der Waals surface area contributed by atoms with E-state index in [1.54, 1.807) is 4.90 Å². The zero-order chi connectivity index (χ0) is 15.4. The molecule has 4 heteroatoms. The first-order chi connectivity index (χ1) is 9.97. The molecule has 0 aliphatic carbocycles. The lowest BCUT2D eigenvalue weighted by atomic mass is 10.0. The minimum Gasteiger partial charge on any atom is -0.341 e. The Morgan fingerprint density at radius 2 is 2.14 bits per heavy atom. The van der Waals surface area contributed by atoms with Gasteiger partial charge in [0.2, 0.25) is 11.8 Å². The van der Waals surface area contributed by atoms with Gasteiger partial charge in [0.05, 0.1) is 0 Å². The van der Waals surface area contributed by atoms with E-state index < -0.39 is 0 Å². The second-order valence-corrected chi connectivity index (χ2v) is 6.03. The van der Waals surface area contributed by atoms with Crippen LogP contribution in [-0.2, 0) is 9.59 Å². The van der Waals surface area contributed by atoms with Gasteiger partial charge in [0.1, 0.15) is 6.54 Å². The summed E-state index contributed by atoms with van der Waals surface area (Å²) in [7, 11) is 0. The zero-order valence-electron chi connectivity index (χ0n) is 13.1. The Morgan fingerprint density at radius 3 is 2.76 bits per heavy atom. The smallest absolute Gasteiger partial charge is 0.242 e. The molecular formula is C17H24N2O2. The maximum absolute atomic E-state index is 12.4. The van der Waals surface area contributed by atoms with E-state index >= 15 is 0 Å². The number of amides is 2. The fraction of sp³-hybridized carbons (Fsp3) is 0.529. The summed E-state index contributed by atoms with van der Waals surface area (Å²) in [4.78, 5) is 27.8. The van der Waals surface area contributed by atoms with Gasteiger partial charge in [-0.15, -0.1) is 0 Å². The van der Waals surface area contributed by atoms with Crippen LogP contribution >= 0.6 is 0 Å². The average Bonchev–Trinajstić information content (AvgIpc) is 2.44. The lowest BCUT2D eigenvalue weighted by Crippen LogP contribution is -2.46. The Bertz CT molecular complexity index is 527. The summed E-state index contributed by atoms with van der Waals surface area (Å²) < 4.78 is 0. The molecule has 1 aliphatic heterocycles. The van der Waals surface area contributed by atoms with E-state index in [9.17, 15) is 9.59 Å².